The second-order valence-electron chi connectivity index (χ2n) is 6.61. The fourth-order valence-electron chi connectivity index (χ4n) is 3.52. The molecule has 2 atom stereocenters. The van der Waals surface area contributed by atoms with Gasteiger partial charge in [-0.2, -0.15) is 0 Å². The van der Waals surface area contributed by atoms with Gasteiger partial charge in [0.05, 0.1) is 0 Å². The lowest BCUT2D eigenvalue weighted by atomic mass is 9.69. The molecule has 0 radical (unpaired) electrons. The summed E-state index contributed by atoms with van der Waals surface area (Å²) < 4.78 is 0. The molecule has 0 aliphatic heterocycles. The van der Waals surface area contributed by atoms with Gasteiger partial charge < -0.3 is 11.5 Å². The first kappa shape index (κ1) is 13.4. The highest BCUT2D eigenvalue weighted by Crippen LogP contribution is 2.50. The Morgan fingerprint density at radius 3 is 1.82 bits per heavy atom. The first-order chi connectivity index (χ1) is 8.09. The predicted molar refractivity (Wildman–Crippen MR) is 73.6 cm³/mol. The van der Waals surface area contributed by atoms with Crippen LogP contribution in [0.1, 0.15) is 58.8 Å². The van der Waals surface area contributed by atoms with E-state index in [0.29, 0.717) is 11.8 Å². The average molecular weight is 238 g/mol. The minimum atomic E-state index is 0.0809. The quantitative estimate of drug-likeness (QED) is 0.639. The molecule has 0 bridgehead atoms. The normalized spacial score (nSPS) is 27.5. The van der Waals surface area contributed by atoms with Crippen molar-refractivity contribution in [3.8, 4) is 0 Å². The van der Waals surface area contributed by atoms with Gasteiger partial charge in [0, 0.05) is 5.54 Å². The minimum absolute atomic E-state index is 0.0809. The van der Waals surface area contributed by atoms with Crippen molar-refractivity contribution in [1.29, 1.82) is 0 Å². The van der Waals surface area contributed by atoms with E-state index in [2.05, 4.69) is 13.8 Å². The highest BCUT2D eigenvalue weighted by Gasteiger charge is 2.48. The van der Waals surface area contributed by atoms with Gasteiger partial charge in [0.1, 0.15) is 0 Å². The molecule has 4 N–H and O–H groups in total. The maximum atomic E-state index is 6.87. The maximum absolute atomic E-state index is 6.87. The molecule has 0 heterocycles. The molecular formula is C15H30N2. The summed E-state index contributed by atoms with van der Waals surface area (Å²) in [6, 6.07) is 0. The smallest absolute Gasteiger partial charge is 0.0211 e. The summed E-state index contributed by atoms with van der Waals surface area (Å²) in [6.45, 7) is 5.61. The van der Waals surface area contributed by atoms with Crippen molar-refractivity contribution in [2.75, 3.05) is 6.54 Å². The molecule has 2 rings (SSSR count). The molecule has 0 aromatic carbocycles. The van der Waals surface area contributed by atoms with Gasteiger partial charge >= 0.3 is 0 Å². The molecule has 0 aromatic rings. The zero-order valence-corrected chi connectivity index (χ0v) is 11.6. The molecule has 0 saturated heterocycles. The van der Waals surface area contributed by atoms with E-state index in [-0.39, 0.29) is 5.54 Å². The largest absolute Gasteiger partial charge is 0.330 e. The van der Waals surface area contributed by atoms with Crippen LogP contribution in [0.25, 0.3) is 0 Å². The fraction of sp³-hybridized carbons (Fsp3) is 1.00. The molecule has 100 valence electrons. The van der Waals surface area contributed by atoms with Crippen molar-refractivity contribution in [3.05, 3.63) is 0 Å². The molecule has 2 fully saturated rings. The summed E-state index contributed by atoms with van der Waals surface area (Å²) in [5, 5.41) is 0. The van der Waals surface area contributed by atoms with Gasteiger partial charge in [-0.25, -0.2) is 0 Å². The topological polar surface area (TPSA) is 52.0 Å². The molecule has 0 amide bonds. The Morgan fingerprint density at radius 2 is 1.47 bits per heavy atom. The molecule has 0 aromatic heterocycles. The molecule has 2 nitrogen and oxygen atoms in total. The SMILES string of the molecule is CC(C1CC1)C(N)(CCCCN)C(C)C1CC1. The van der Waals surface area contributed by atoms with Crippen molar-refractivity contribution in [3.63, 3.8) is 0 Å². The van der Waals surface area contributed by atoms with Crippen LogP contribution in [0.3, 0.4) is 0 Å². The Hall–Kier alpha value is -0.0800. The van der Waals surface area contributed by atoms with Crippen LogP contribution in [-0.4, -0.2) is 12.1 Å². The van der Waals surface area contributed by atoms with Crippen molar-refractivity contribution < 1.29 is 0 Å². The second kappa shape index (κ2) is 5.27. The van der Waals surface area contributed by atoms with Gasteiger partial charge in [0.2, 0.25) is 0 Å². The van der Waals surface area contributed by atoms with E-state index < -0.39 is 0 Å². The third kappa shape index (κ3) is 3.03. The van der Waals surface area contributed by atoms with Gasteiger partial charge in [-0.3, -0.25) is 0 Å². The molecule has 17 heavy (non-hydrogen) atoms. The van der Waals surface area contributed by atoms with Crippen LogP contribution in [0.2, 0.25) is 0 Å². The van der Waals surface area contributed by atoms with Gasteiger partial charge in [0.15, 0.2) is 0 Å². The van der Waals surface area contributed by atoms with Crippen LogP contribution >= 0.6 is 0 Å². The zero-order valence-electron chi connectivity index (χ0n) is 11.6. The maximum Gasteiger partial charge on any atom is 0.0211 e. The van der Waals surface area contributed by atoms with Crippen molar-refractivity contribution >= 4 is 0 Å². The average Bonchev–Trinajstić information content (AvgIpc) is 3.20. The minimum Gasteiger partial charge on any atom is -0.330 e. The molecule has 2 aliphatic carbocycles. The van der Waals surface area contributed by atoms with Crippen LogP contribution in [0.15, 0.2) is 0 Å². The number of nitrogens with two attached hydrogens (primary N) is 2. The summed E-state index contributed by atoms with van der Waals surface area (Å²) in [6.07, 6.45) is 9.17. The van der Waals surface area contributed by atoms with Crippen molar-refractivity contribution in [1.82, 2.24) is 0 Å². The highest BCUT2D eigenvalue weighted by atomic mass is 14.8. The number of hydrogen-bond acceptors (Lipinski definition) is 2. The van der Waals surface area contributed by atoms with E-state index in [0.717, 1.165) is 24.8 Å². The standard InChI is InChI=1S/C15H30N2/c1-11(13-5-6-13)15(17,9-3-4-10-16)12(2)14-7-8-14/h11-14H,3-10,16-17H2,1-2H3. The Labute approximate surface area is 107 Å². The van der Waals surface area contributed by atoms with Gasteiger partial charge in [0.25, 0.3) is 0 Å². The monoisotopic (exact) mass is 238 g/mol. The Bertz CT molecular complexity index is 225. The van der Waals surface area contributed by atoms with Crippen molar-refractivity contribution in [2.45, 2.75) is 64.3 Å². The summed E-state index contributed by atoms with van der Waals surface area (Å²) >= 11 is 0. The third-order valence-electron chi connectivity index (χ3n) is 5.42. The van der Waals surface area contributed by atoms with Gasteiger partial charge in [-0.15, -0.1) is 0 Å². The number of hydrogen-bond donors (Lipinski definition) is 2. The van der Waals surface area contributed by atoms with Crippen molar-refractivity contribution in [2.24, 2.45) is 35.1 Å². The molecule has 2 aliphatic rings. The first-order valence-electron chi connectivity index (χ1n) is 7.58. The fourth-order valence-corrected chi connectivity index (χ4v) is 3.52. The molecule has 0 spiro atoms. The van der Waals surface area contributed by atoms with E-state index in [9.17, 15) is 0 Å². The second-order valence-corrected chi connectivity index (χ2v) is 6.61. The van der Waals surface area contributed by atoms with E-state index in [1.54, 1.807) is 0 Å². The Balaban J connectivity index is 1.97. The first-order valence-corrected chi connectivity index (χ1v) is 7.58. The van der Waals surface area contributed by atoms with E-state index in [1.165, 1.54) is 38.5 Å². The van der Waals surface area contributed by atoms with Crippen LogP contribution in [0.5, 0.6) is 0 Å². The Kier molecular flexibility index (Phi) is 4.14. The number of rotatable bonds is 8. The zero-order chi connectivity index (χ0) is 12.5. The van der Waals surface area contributed by atoms with Crippen LogP contribution in [0.4, 0.5) is 0 Å². The summed E-state index contributed by atoms with van der Waals surface area (Å²) in [7, 11) is 0. The van der Waals surface area contributed by atoms with Crippen LogP contribution in [0, 0.1) is 23.7 Å². The molecule has 2 saturated carbocycles. The van der Waals surface area contributed by atoms with Gasteiger partial charge in [-0.05, 0) is 68.7 Å². The molecular weight excluding hydrogens is 208 g/mol. The lowest BCUT2D eigenvalue weighted by Gasteiger charge is -2.42. The summed E-state index contributed by atoms with van der Waals surface area (Å²) in [5.41, 5.74) is 12.6. The lowest BCUT2D eigenvalue weighted by Crippen LogP contribution is -2.53. The van der Waals surface area contributed by atoms with Crippen LogP contribution < -0.4 is 11.5 Å². The summed E-state index contributed by atoms with van der Waals surface area (Å²) in [4.78, 5) is 0. The summed E-state index contributed by atoms with van der Waals surface area (Å²) in [5.74, 6) is 3.24. The van der Waals surface area contributed by atoms with E-state index in [4.69, 9.17) is 11.5 Å². The molecule has 2 unspecified atom stereocenters. The lowest BCUT2D eigenvalue weighted by molar-refractivity contribution is 0.144. The molecule has 2 heteroatoms. The van der Waals surface area contributed by atoms with E-state index in [1.807, 2.05) is 0 Å². The third-order valence-corrected chi connectivity index (χ3v) is 5.42. The Morgan fingerprint density at radius 1 is 1.00 bits per heavy atom. The van der Waals surface area contributed by atoms with Gasteiger partial charge in [-0.1, -0.05) is 20.3 Å². The van der Waals surface area contributed by atoms with Crippen LogP contribution in [-0.2, 0) is 0 Å². The predicted octanol–water partition coefficient (Wildman–Crippen LogP) is 2.91. The van der Waals surface area contributed by atoms with E-state index >= 15 is 0 Å². The number of unbranched alkanes of at least 4 members (excludes halogenated alkanes) is 1. The highest BCUT2D eigenvalue weighted by molar-refractivity contribution is 5.03.